The Balaban J connectivity index is 1.74. The summed E-state index contributed by atoms with van der Waals surface area (Å²) in [5, 5.41) is 13.0. The van der Waals surface area contributed by atoms with Crippen molar-refractivity contribution in [1.82, 2.24) is 5.32 Å². The molecule has 3 saturated carbocycles. The van der Waals surface area contributed by atoms with Crippen molar-refractivity contribution >= 4 is 17.5 Å². The highest BCUT2D eigenvalue weighted by Gasteiger charge is 2.81. The summed E-state index contributed by atoms with van der Waals surface area (Å²) >= 11 is 0. The lowest BCUT2D eigenvalue weighted by Gasteiger charge is -2.62. The Labute approximate surface area is 256 Å². The Kier molecular flexibility index (Phi) is 7.79. The summed E-state index contributed by atoms with van der Waals surface area (Å²) < 4.78 is 34.5. The number of rotatable bonds is 7. The SMILES string of the molecule is CC(=O)/C=C1/[C@@]2(C)[C@H]3O[C@@]3(C#N)C(=O)C(C)(C)[C@@H]2CC[C@@]1(C)C(C)(C)CC[C@@]1(NC(=O)C(C)(F)F)CCC(C)(C)CC1C. The van der Waals surface area contributed by atoms with Crippen LogP contribution in [-0.4, -0.2) is 40.6 Å². The van der Waals surface area contributed by atoms with E-state index in [1.165, 1.54) is 6.92 Å². The molecule has 8 heteroatoms. The molecule has 0 aromatic heterocycles. The second-order valence-electron chi connectivity index (χ2n) is 16.9. The van der Waals surface area contributed by atoms with Gasteiger partial charge in [-0.05, 0) is 86.0 Å². The molecule has 7 atom stereocenters. The summed E-state index contributed by atoms with van der Waals surface area (Å²) in [6.07, 6.45) is 5.91. The molecule has 3 aliphatic carbocycles. The first kappa shape index (κ1) is 33.7. The first-order valence-electron chi connectivity index (χ1n) is 15.9. The second kappa shape index (κ2) is 9.93. The van der Waals surface area contributed by atoms with E-state index < -0.39 is 50.7 Å². The number of carbonyl (C=O) groups is 3. The summed E-state index contributed by atoms with van der Waals surface area (Å²) in [4.78, 5) is 39.1. The maximum atomic E-state index is 14.2. The monoisotopic (exact) mass is 602 g/mol. The van der Waals surface area contributed by atoms with Crippen LogP contribution in [-0.2, 0) is 19.1 Å². The zero-order valence-corrected chi connectivity index (χ0v) is 28.1. The molecule has 0 radical (unpaired) electrons. The quantitative estimate of drug-likeness (QED) is 0.243. The number of hydrogen-bond acceptors (Lipinski definition) is 5. The van der Waals surface area contributed by atoms with Gasteiger partial charge in [-0.25, -0.2) is 0 Å². The third-order valence-corrected chi connectivity index (χ3v) is 12.8. The molecule has 1 heterocycles. The fourth-order valence-corrected chi connectivity index (χ4v) is 9.65. The van der Waals surface area contributed by atoms with E-state index in [2.05, 4.69) is 59.9 Å². The van der Waals surface area contributed by atoms with Crippen molar-refractivity contribution < 1.29 is 27.9 Å². The Morgan fingerprint density at radius 3 is 2.21 bits per heavy atom. The van der Waals surface area contributed by atoms with E-state index in [4.69, 9.17) is 4.74 Å². The van der Waals surface area contributed by atoms with Crippen LogP contribution in [0.5, 0.6) is 0 Å². The third kappa shape index (κ3) is 5.00. The van der Waals surface area contributed by atoms with Crippen LogP contribution in [0.1, 0.15) is 121 Å². The van der Waals surface area contributed by atoms with Gasteiger partial charge in [0.25, 0.3) is 5.91 Å². The van der Waals surface area contributed by atoms with Gasteiger partial charge >= 0.3 is 5.92 Å². The molecule has 0 spiro atoms. The first-order chi connectivity index (χ1) is 19.4. The molecule has 1 saturated heterocycles. The minimum absolute atomic E-state index is 0.00657. The number of allylic oxidation sites excluding steroid dienone is 1. The number of halogens is 2. The number of nitriles is 1. The van der Waals surface area contributed by atoms with Crippen molar-refractivity contribution in [1.29, 1.82) is 5.26 Å². The third-order valence-electron chi connectivity index (χ3n) is 12.8. The largest absolute Gasteiger partial charge is 0.345 e. The molecule has 1 N–H and O–H groups in total. The molecule has 1 amide bonds. The standard InChI is InChI=1S/C35H52F2N2O4/c1-21-19-28(3,4)14-16-34(21,39-27(42)33(11,36)37)17-15-29(5,6)31(9)13-12-23-30(7,8)25(41)35(20-38)26(43-35)32(23,10)24(31)18-22(2)40/h18,21,23,26H,12-17,19H2,1-11H3,(H,39,42)/b24-18+/t21?,23-,26+,31+,32-,34-,35-/m0/s1. The fourth-order valence-electron chi connectivity index (χ4n) is 9.65. The number of ether oxygens (including phenoxy) is 1. The Bertz CT molecular complexity index is 1290. The minimum atomic E-state index is -3.48. The van der Waals surface area contributed by atoms with Gasteiger partial charge < -0.3 is 10.1 Å². The van der Waals surface area contributed by atoms with E-state index in [9.17, 15) is 28.4 Å². The summed E-state index contributed by atoms with van der Waals surface area (Å²) in [5.74, 6) is -5.12. The molecule has 1 aliphatic heterocycles. The van der Waals surface area contributed by atoms with Crippen LogP contribution in [0.4, 0.5) is 8.78 Å². The fraction of sp³-hybridized carbons (Fsp3) is 0.829. The molecule has 1 unspecified atom stereocenters. The maximum Gasteiger partial charge on any atom is 0.321 e. The van der Waals surface area contributed by atoms with Crippen LogP contribution < -0.4 is 5.32 Å². The van der Waals surface area contributed by atoms with Gasteiger partial charge in [0, 0.05) is 23.3 Å². The zero-order valence-electron chi connectivity index (χ0n) is 28.1. The van der Waals surface area contributed by atoms with E-state index in [1.54, 1.807) is 6.08 Å². The van der Waals surface area contributed by atoms with Gasteiger partial charge in [-0.2, -0.15) is 14.0 Å². The molecule has 43 heavy (non-hydrogen) atoms. The van der Waals surface area contributed by atoms with E-state index in [-0.39, 0.29) is 28.8 Å². The van der Waals surface area contributed by atoms with E-state index in [0.29, 0.717) is 26.2 Å². The molecular weight excluding hydrogens is 550 g/mol. The van der Waals surface area contributed by atoms with Crippen LogP contribution in [0.2, 0.25) is 0 Å². The van der Waals surface area contributed by atoms with Gasteiger partial charge in [-0.3, -0.25) is 14.4 Å². The van der Waals surface area contributed by atoms with E-state index in [0.717, 1.165) is 31.3 Å². The van der Waals surface area contributed by atoms with Crippen LogP contribution in [0, 0.1) is 50.2 Å². The van der Waals surface area contributed by atoms with Crippen LogP contribution >= 0.6 is 0 Å². The molecule has 4 aliphatic rings. The van der Waals surface area contributed by atoms with Gasteiger partial charge in [0.05, 0.1) is 0 Å². The van der Waals surface area contributed by atoms with Gasteiger partial charge in [-0.1, -0.05) is 67.9 Å². The smallest absolute Gasteiger partial charge is 0.321 e. The molecule has 4 rings (SSSR count). The van der Waals surface area contributed by atoms with Gasteiger partial charge in [0.1, 0.15) is 12.2 Å². The number of carbonyl (C=O) groups excluding carboxylic acids is 3. The highest BCUT2D eigenvalue weighted by atomic mass is 19.3. The summed E-state index contributed by atoms with van der Waals surface area (Å²) in [5.41, 5.74) is -3.81. The Morgan fingerprint density at radius 2 is 1.70 bits per heavy atom. The number of epoxide rings is 1. The lowest BCUT2D eigenvalue weighted by Crippen LogP contribution is -2.63. The molecular formula is C35H52F2N2O4. The number of nitrogens with one attached hydrogen (secondary N) is 1. The summed E-state index contributed by atoms with van der Waals surface area (Å²) in [6, 6.07) is 2.19. The number of amides is 1. The molecule has 0 aromatic rings. The van der Waals surface area contributed by atoms with Gasteiger partial charge in [-0.15, -0.1) is 0 Å². The van der Waals surface area contributed by atoms with E-state index >= 15 is 0 Å². The predicted molar refractivity (Wildman–Crippen MR) is 161 cm³/mol. The van der Waals surface area contributed by atoms with Crippen LogP contribution in [0.3, 0.4) is 0 Å². The Hall–Kier alpha value is -2.14. The van der Waals surface area contributed by atoms with Crippen molar-refractivity contribution in [2.24, 2.45) is 38.9 Å². The number of ketones is 2. The number of fused-ring (bicyclic) bond motifs is 3. The lowest BCUT2D eigenvalue weighted by atomic mass is 9.40. The van der Waals surface area contributed by atoms with Gasteiger partial charge in [0.15, 0.2) is 11.6 Å². The van der Waals surface area contributed by atoms with Crippen LogP contribution in [0.25, 0.3) is 0 Å². The van der Waals surface area contributed by atoms with Gasteiger partial charge in [0.2, 0.25) is 5.60 Å². The maximum absolute atomic E-state index is 14.2. The average molecular weight is 603 g/mol. The van der Waals surface area contributed by atoms with Crippen molar-refractivity contribution in [3.05, 3.63) is 11.6 Å². The summed E-state index contributed by atoms with van der Waals surface area (Å²) in [7, 11) is 0. The van der Waals surface area contributed by atoms with Crippen molar-refractivity contribution in [2.45, 2.75) is 144 Å². The van der Waals surface area contributed by atoms with E-state index in [1.807, 2.05) is 13.8 Å². The average Bonchev–Trinajstić information content (AvgIpc) is 3.62. The zero-order chi connectivity index (χ0) is 32.8. The molecule has 6 nitrogen and oxygen atoms in total. The number of alkyl halides is 2. The molecule has 240 valence electrons. The summed E-state index contributed by atoms with van der Waals surface area (Å²) in [6.45, 7) is 21.0. The number of hydrogen-bond donors (Lipinski definition) is 1. The van der Waals surface area contributed by atoms with Crippen molar-refractivity contribution in [3.8, 4) is 6.07 Å². The highest BCUT2D eigenvalue weighted by Crippen LogP contribution is 2.73. The van der Waals surface area contributed by atoms with Crippen molar-refractivity contribution in [2.75, 3.05) is 0 Å². The predicted octanol–water partition coefficient (Wildman–Crippen LogP) is 7.36. The Morgan fingerprint density at radius 1 is 1.09 bits per heavy atom. The number of Topliss-reactive ketones (excluding diaryl/α,β-unsaturated/α-hetero) is 1. The highest BCUT2D eigenvalue weighted by molar-refractivity contribution is 6.00. The van der Waals surface area contributed by atoms with Crippen LogP contribution in [0.15, 0.2) is 11.6 Å². The normalized spacial score (nSPS) is 41.1. The molecule has 4 fully saturated rings. The molecule has 0 aromatic carbocycles. The second-order valence-corrected chi connectivity index (χ2v) is 16.9. The number of nitrogens with zero attached hydrogens (tertiary/aromatic N) is 1. The minimum Gasteiger partial charge on any atom is -0.345 e. The topological polar surface area (TPSA) is 99.6 Å². The first-order valence-corrected chi connectivity index (χ1v) is 15.9. The molecule has 0 bridgehead atoms. The lowest BCUT2D eigenvalue weighted by molar-refractivity contribution is -0.148. The van der Waals surface area contributed by atoms with Crippen molar-refractivity contribution in [3.63, 3.8) is 0 Å².